The average Bonchev–Trinajstić information content (AvgIpc) is 3.30. The van der Waals surface area contributed by atoms with Gasteiger partial charge in [-0.05, 0) is 82.0 Å². The van der Waals surface area contributed by atoms with Crippen molar-refractivity contribution in [2.24, 2.45) is 4.99 Å². The Kier molecular flexibility index (Phi) is 9.92. The highest BCUT2D eigenvalue weighted by Crippen LogP contribution is 2.39. The van der Waals surface area contributed by atoms with Crippen molar-refractivity contribution < 1.29 is 32.2 Å². The quantitative estimate of drug-likeness (QED) is 0.178. The van der Waals surface area contributed by atoms with Gasteiger partial charge in [0, 0.05) is 9.50 Å². The van der Waals surface area contributed by atoms with Gasteiger partial charge >= 0.3 is 12.1 Å². The van der Waals surface area contributed by atoms with Crippen LogP contribution in [-0.2, 0) is 16.1 Å². The van der Waals surface area contributed by atoms with E-state index in [1.807, 2.05) is 24.3 Å². The van der Waals surface area contributed by atoms with Gasteiger partial charge in [0.25, 0.3) is 5.56 Å². The molecule has 0 N–H and O–H groups in total. The minimum Gasteiger partial charge on any atom is -0.493 e. The van der Waals surface area contributed by atoms with Crippen LogP contribution in [0.25, 0.3) is 6.08 Å². The molecular weight excluding hydrogens is 765 g/mol. The second-order valence-corrected chi connectivity index (χ2v) is 12.8. The number of hydrogen-bond acceptors (Lipinski definition) is 7. The molecule has 4 aromatic rings. The molecule has 0 saturated carbocycles. The summed E-state index contributed by atoms with van der Waals surface area (Å²) in [6.07, 6.45) is -3.50. The van der Waals surface area contributed by atoms with Crippen LogP contribution < -0.4 is 24.4 Å². The predicted octanol–water partition coefficient (Wildman–Crippen LogP) is 7.11. The van der Waals surface area contributed by atoms with E-state index in [1.54, 1.807) is 12.1 Å². The molecule has 0 radical (unpaired) electrons. The van der Waals surface area contributed by atoms with E-state index < -0.39 is 35.0 Å². The van der Waals surface area contributed by atoms with E-state index in [0.717, 1.165) is 25.9 Å². The molecule has 45 heavy (non-hydrogen) atoms. The van der Waals surface area contributed by atoms with Crippen LogP contribution in [-0.4, -0.2) is 30.4 Å². The normalized spacial score (nSPS) is 15.0. The molecule has 0 saturated heterocycles. The number of aromatic nitrogens is 1. The first-order valence-corrected chi connectivity index (χ1v) is 16.0. The Bertz CT molecular complexity index is 1970. The molecule has 0 aliphatic carbocycles. The fourth-order valence-corrected chi connectivity index (χ4v) is 6.62. The van der Waals surface area contributed by atoms with Gasteiger partial charge in [-0.2, -0.15) is 13.2 Å². The lowest BCUT2D eigenvalue weighted by Gasteiger charge is -2.26. The number of allylic oxidation sites excluding steroid dienone is 1. The molecule has 1 aliphatic heterocycles. The zero-order valence-corrected chi connectivity index (χ0v) is 28.2. The number of carbonyl (C=O) groups is 1. The minimum absolute atomic E-state index is 0.0804. The first kappa shape index (κ1) is 33.0. The number of alkyl halides is 3. The molecule has 0 spiro atoms. The van der Waals surface area contributed by atoms with Crippen molar-refractivity contribution in [2.45, 2.75) is 25.7 Å². The second kappa shape index (κ2) is 13.5. The molecule has 0 bridgehead atoms. The van der Waals surface area contributed by atoms with Crippen molar-refractivity contribution in [3.8, 4) is 11.5 Å². The summed E-state index contributed by atoms with van der Waals surface area (Å²) in [6, 6.07) is 15.3. The predicted molar refractivity (Wildman–Crippen MR) is 171 cm³/mol. The van der Waals surface area contributed by atoms with Gasteiger partial charge in [0.15, 0.2) is 22.0 Å². The summed E-state index contributed by atoms with van der Waals surface area (Å²) in [5.41, 5.74) is -1.21. The van der Waals surface area contributed by atoms with Gasteiger partial charge in [-0.1, -0.05) is 63.1 Å². The number of halogens is 6. The lowest BCUT2D eigenvalue weighted by Crippen LogP contribution is -2.41. The number of esters is 1. The summed E-state index contributed by atoms with van der Waals surface area (Å²) in [5, 5.41) is 0.327. The summed E-state index contributed by atoms with van der Waals surface area (Å²) >= 11 is 13.7. The van der Waals surface area contributed by atoms with E-state index in [9.17, 15) is 22.8 Å². The molecule has 7 nitrogen and oxygen atoms in total. The number of benzene rings is 3. The monoisotopic (exact) mass is 784 g/mol. The lowest BCUT2D eigenvalue weighted by atomic mass is 9.95. The highest BCUT2D eigenvalue weighted by molar-refractivity contribution is 9.10. The smallest absolute Gasteiger partial charge is 0.434 e. The van der Waals surface area contributed by atoms with Crippen molar-refractivity contribution in [1.82, 2.24) is 4.57 Å². The molecular formula is C31H22Br2ClF3N2O5S. The van der Waals surface area contributed by atoms with Crippen LogP contribution in [0.2, 0.25) is 5.02 Å². The van der Waals surface area contributed by atoms with Crippen molar-refractivity contribution >= 4 is 66.8 Å². The van der Waals surface area contributed by atoms with E-state index in [2.05, 4.69) is 36.9 Å². The molecule has 0 fully saturated rings. The maximum atomic E-state index is 14.3. The van der Waals surface area contributed by atoms with Crippen LogP contribution in [0.4, 0.5) is 13.2 Å². The van der Waals surface area contributed by atoms with Crippen LogP contribution in [0, 0.1) is 0 Å². The number of thiazole rings is 1. The van der Waals surface area contributed by atoms with E-state index in [0.29, 0.717) is 26.6 Å². The number of fused-ring (bicyclic) bond motifs is 1. The summed E-state index contributed by atoms with van der Waals surface area (Å²) in [4.78, 5) is 30.4. The molecule has 1 aromatic heterocycles. The Balaban J connectivity index is 1.63. The Hall–Kier alpha value is -3.39. The Morgan fingerprint density at radius 1 is 1.11 bits per heavy atom. The fourth-order valence-electron chi connectivity index (χ4n) is 4.65. The number of nitrogens with zero attached hydrogens (tertiary/aromatic N) is 2. The Morgan fingerprint density at radius 2 is 1.80 bits per heavy atom. The highest BCUT2D eigenvalue weighted by Gasteiger charge is 2.45. The van der Waals surface area contributed by atoms with Gasteiger partial charge in [0.05, 0.1) is 34.3 Å². The maximum Gasteiger partial charge on any atom is 0.434 e. The Morgan fingerprint density at radius 3 is 2.42 bits per heavy atom. The van der Waals surface area contributed by atoms with Crippen LogP contribution in [0.3, 0.4) is 0 Å². The highest BCUT2D eigenvalue weighted by atomic mass is 79.9. The largest absolute Gasteiger partial charge is 0.493 e. The van der Waals surface area contributed by atoms with Crippen LogP contribution in [0.15, 0.2) is 90.7 Å². The summed E-state index contributed by atoms with van der Waals surface area (Å²) in [5.74, 6) is -0.436. The van der Waals surface area contributed by atoms with Gasteiger partial charge in [-0.25, -0.2) is 9.79 Å². The van der Waals surface area contributed by atoms with Gasteiger partial charge in [0.1, 0.15) is 6.61 Å². The molecule has 2 heterocycles. The molecule has 1 atom stereocenters. The van der Waals surface area contributed by atoms with Crippen LogP contribution in [0.1, 0.15) is 29.7 Å². The van der Waals surface area contributed by atoms with Crippen LogP contribution >= 0.6 is 54.8 Å². The van der Waals surface area contributed by atoms with E-state index in [-0.39, 0.29) is 28.1 Å². The molecule has 0 unspecified atom stereocenters. The van der Waals surface area contributed by atoms with Crippen LogP contribution in [0.5, 0.6) is 11.5 Å². The molecule has 0 amide bonds. The third kappa shape index (κ3) is 7.06. The number of rotatable bonds is 8. The topological polar surface area (TPSA) is 79.1 Å². The summed E-state index contributed by atoms with van der Waals surface area (Å²) in [7, 11) is 1.47. The van der Waals surface area contributed by atoms with E-state index in [4.69, 9.17) is 25.8 Å². The zero-order valence-electron chi connectivity index (χ0n) is 23.5. The van der Waals surface area contributed by atoms with Crippen molar-refractivity contribution in [3.63, 3.8) is 0 Å². The number of carbonyl (C=O) groups excluding carboxylic acids is 1. The molecule has 5 rings (SSSR count). The molecule has 1 aliphatic rings. The molecule has 234 valence electrons. The summed E-state index contributed by atoms with van der Waals surface area (Å²) in [6.45, 7) is 1.56. The van der Waals surface area contributed by atoms with Gasteiger partial charge < -0.3 is 14.2 Å². The van der Waals surface area contributed by atoms with E-state index in [1.165, 1.54) is 44.4 Å². The standard InChI is InChI=1S/C31H22Br2ClF3N2O5S/c1-3-43-29(41)24-25(18-6-10-20(34)11-7-18)39-28(40)23(45-30(39)38-27(24)31(35,36)37)14-17-12-21(33)26(22(13-17)42-2)44-15-16-4-8-19(32)9-5-16/h4-14,25H,3,15H2,1-2H3/b23-14-/t25-/m0/s1. The average molecular weight is 787 g/mol. The van der Waals surface area contributed by atoms with Crippen molar-refractivity contribution in [3.05, 3.63) is 122 Å². The van der Waals surface area contributed by atoms with Crippen molar-refractivity contribution in [1.29, 1.82) is 0 Å². The van der Waals surface area contributed by atoms with E-state index >= 15 is 0 Å². The molecule has 14 heteroatoms. The molecule has 3 aromatic carbocycles. The number of ether oxygens (including phenoxy) is 3. The minimum atomic E-state index is -5.01. The van der Waals surface area contributed by atoms with Gasteiger partial charge in [0.2, 0.25) is 0 Å². The Labute approximate surface area is 280 Å². The maximum absolute atomic E-state index is 14.3. The fraction of sp³-hybridized carbons (Fsp3) is 0.194. The van der Waals surface area contributed by atoms with Gasteiger partial charge in [-0.3, -0.25) is 9.36 Å². The SMILES string of the molecule is CCOC(=O)C1=C(C(F)(F)F)N=c2s/c(=C\c3cc(Br)c(OCc4ccc(Br)cc4)c(OC)c3)c(=O)n2[C@H]1c1ccc(Cl)cc1. The zero-order chi connectivity index (χ0) is 32.5. The summed E-state index contributed by atoms with van der Waals surface area (Å²) < 4.78 is 62.2. The number of hydrogen-bond donors (Lipinski definition) is 0. The first-order valence-electron chi connectivity index (χ1n) is 13.2. The lowest BCUT2D eigenvalue weighted by molar-refractivity contribution is -0.140. The third-order valence-electron chi connectivity index (χ3n) is 6.63. The van der Waals surface area contributed by atoms with Crippen molar-refractivity contribution in [2.75, 3.05) is 13.7 Å². The first-order chi connectivity index (χ1) is 21.4. The van der Waals surface area contributed by atoms with Gasteiger partial charge in [-0.15, -0.1) is 0 Å². The second-order valence-electron chi connectivity index (χ2n) is 9.56. The number of methoxy groups -OCH3 is 1. The third-order valence-corrected chi connectivity index (χ3v) is 8.98.